The van der Waals surface area contributed by atoms with Crippen LogP contribution in [0.2, 0.25) is 0 Å². The molecule has 1 saturated heterocycles. The number of thiocarbonyl (C=S) groups is 1. The van der Waals surface area contributed by atoms with Gasteiger partial charge in [-0.1, -0.05) is 12.2 Å². The molecule has 18 heavy (non-hydrogen) atoms. The molecule has 0 aliphatic carbocycles. The van der Waals surface area contributed by atoms with Crippen molar-refractivity contribution < 1.29 is 24.8 Å². The Balaban J connectivity index is 2.20. The molecule has 7 heteroatoms. The number of hydrogen-bond acceptors (Lipinski definition) is 6. The van der Waals surface area contributed by atoms with E-state index in [2.05, 4.69) is 0 Å². The van der Waals surface area contributed by atoms with Crippen molar-refractivity contribution in [2.75, 3.05) is 13.2 Å². The molecular weight excluding hydrogens is 258 g/mol. The summed E-state index contributed by atoms with van der Waals surface area (Å²) in [5.74, 6) is 0. The van der Waals surface area contributed by atoms with Crippen molar-refractivity contribution in [3.8, 4) is 0 Å². The Hall–Kier alpha value is -0.310. The highest BCUT2D eigenvalue weighted by atomic mass is 32.1. The van der Waals surface area contributed by atoms with Gasteiger partial charge in [0, 0.05) is 13.0 Å². The Bertz CT molecular complexity index is 266. The van der Waals surface area contributed by atoms with Gasteiger partial charge in [0.15, 0.2) is 6.29 Å². The number of hydrogen-bond donors (Lipinski definition) is 4. The van der Waals surface area contributed by atoms with E-state index in [0.717, 1.165) is 12.8 Å². The maximum absolute atomic E-state index is 9.57. The fraction of sp³-hybridized carbons (Fsp3) is 0.909. The minimum atomic E-state index is -1.07. The van der Waals surface area contributed by atoms with E-state index < -0.39 is 24.6 Å². The molecular formula is C11H21NO5S. The average Bonchev–Trinajstić information content (AvgIpc) is 2.32. The van der Waals surface area contributed by atoms with Crippen molar-refractivity contribution >= 4 is 17.2 Å². The topological polar surface area (TPSA) is 105 Å². The quantitative estimate of drug-likeness (QED) is 0.360. The molecule has 106 valence electrons. The summed E-state index contributed by atoms with van der Waals surface area (Å²) in [5.41, 5.74) is 5.36. The molecule has 0 aromatic rings. The van der Waals surface area contributed by atoms with E-state index in [0.29, 0.717) is 18.0 Å². The Morgan fingerprint density at radius 3 is 2.72 bits per heavy atom. The van der Waals surface area contributed by atoms with E-state index in [1.165, 1.54) is 0 Å². The van der Waals surface area contributed by atoms with Crippen LogP contribution in [0.5, 0.6) is 0 Å². The SMILES string of the molecule is NC(=S)CCCCOC1CC(O)C(O)C(CO)O1. The first kappa shape index (κ1) is 15.7. The zero-order chi connectivity index (χ0) is 13.5. The van der Waals surface area contributed by atoms with E-state index in [1.54, 1.807) is 0 Å². The zero-order valence-electron chi connectivity index (χ0n) is 10.2. The van der Waals surface area contributed by atoms with Gasteiger partial charge in [-0.25, -0.2) is 0 Å². The van der Waals surface area contributed by atoms with Crippen molar-refractivity contribution in [2.24, 2.45) is 5.73 Å². The molecule has 1 aliphatic heterocycles. The highest BCUT2D eigenvalue weighted by Gasteiger charge is 2.36. The number of aliphatic hydroxyl groups excluding tert-OH is 3. The van der Waals surface area contributed by atoms with Crippen LogP contribution in [0.3, 0.4) is 0 Å². The van der Waals surface area contributed by atoms with Crippen LogP contribution in [0.1, 0.15) is 25.7 Å². The van der Waals surface area contributed by atoms with Gasteiger partial charge in [-0.2, -0.15) is 0 Å². The summed E-state index contributed by atoms with van der Waals surface area (Å²) in [6.45, 7) is 0.119. The van der Waals surface area contributed by atoms with E-state index in [1.807, 2.05) is 0 Å². The van der Waals surface area contributed by atoms with Crippen molar-refractivity contribution in [1.82, 2.24) is 0 Å². The molecule has 1 fully saturated rings. The number of ether oxygens (including phenoxy) is 2. The molecule has 0 saturated carbocycles. The third-order valence-electron chi connectivity index (χ3n) is 2.84. The van der Waals surface area contributed by atoms with Gasteiger partial charge in [0.25, 0.3) is 0 Å². The van der Waals surface area contributed by atoms with Gasteiger partial charge in [-0.15, -0.1) is 0 Å². The lowest BCUT2D eigenvalue weighted by Gasteiger charge is -2.36. The predicted octanol–water partition coefficient (Wildman–Crippen LogP) is -0.712. The largest absolute Gasteiger partial charge is 0.394 e. The van der Waals surface area contributed by atoms with Gasteiger partial charge in [0.05, 0.1) is 17.7 Å². The van der Waals surface area contributed by atoms with Crippen LogP contribution >= 0.6 is 12.2 Å². The summed E-state index contributed by atoms with van der Waals surface area (Å²) in [6.07, 6.45) is -0.864. The highest BCUT2D eigenvalue weighted by Crippen LogP contribution is 2.21. The van der Waals surface area contributed by atoms with Gasteiger partial charge in [-0.05, 0) is 19.3 Å². The summed E-state index contributed by atoms with van der Waals surface area (Å²) >= 11 is 4.75. The molecule has 0 aromatic heterocycles. The lowest BCUT2D eigenvalue weighted by atomic mass is 10.0. The standard InChI is InChI=1S/C11H21NO5S/c12-9(18)3-1-2-4-16-10-5-7(14)11(15)8(6-13)17-10/h7-8,10-11,13-15H,1-6H2,(H2,12,18). The third-order valence-corrected chi connectivity index (χ3v) is 3.04. The molecule has 4 atom stereocenters. The Labute approximate surface area is 112 Å². The van der Waals surface area contributed by atoms with Crippen LogP contribution in [0.4, 0.5) is 0 Å². The molecule has 0 radical (unpaired) electrons. The smallest absolute Gasteiger partial charge is 0.160 e. The van der Waals surface area contributed by atoms with Crippen LogP contribution < -0.4 is 5.73 Å². The Kier molecular flexibility index (Phi) is 6.98. The molecule has 1 rings (SSSR count). The van der Waals surface area contributed by atoms with Gasteiger partial charge < -0.3 is 30.5 Å². The molecule has 0 bridgehead atoms. The van der Waals surface area contributed by atoms with Crippen LogP contribution in [0.25, 0.3) is 0 Å². The number of rotatable bonds is 7. The Morgan fingerprint density at radius 1 is 1.39 bits per heavy atom. The maximum atomic E-state index is 9.57. The highest BCUT2D eigenvalue weighted by molar-refractivity contribution is 7.80. The summed E-state index contributed by atoms with van der Waals surface area (Å²) in [4.78, 5) is 0.489. The van der Waals surface area contributed by atoms with E-state index >= 15 is 0 Å². The van der Waals surface area contributed by atoms with E-state index in [-0.39, 0.29) is 13.0 Å². The van der Waals surface area contributed by atoms with Crippen LogP contribution in [-0.2, 0) is 9.47 Å². The summed E-state index contributed by atoms with van der Waals surface area (Å²) in [5, 5.41) is 28.1. The molecule has 0 spiro atoms. The Morgan fingerprint density at radius 2 is 2.11 bits per heavy atom. The second-order valence-corrected chi connectivity index (χ2v) is 4.90. The lowest BCUT2D eigenvalue weighted by Crippen LogP contribution is -2.50. The summed E-state index contributed by atoms with van der Waals surface area (Å²) in [6, 6.07) is 0. The second-order valence-electron chi connectivity index (χ2n) is 4.37. The van der Waals surface area contributed by atoms with Crippen molar-refractivity contribution in [3.63, 3.8) is 0 Å². The molecule has 0 aromatic carbocycles. The first-order chi connectivity index (χ1) is 8.54. The second kappa shape index (κ2) is 7.98. The number of aliphatic hydroxyl groups is 3. The van der Waals surface area contributed by atoms with Crippen LogP contribution in [0, 0.1) is 0 Å². The summed E-state index contributed by atoms with van der Waals surface area (Å²) < 4.78 is 10.7. The van der Waals surface area contributed by atoms with Crippen LogP contribution in [0.15, 0.2) is 0 Å². The van der Waals surface area contributed by atoms with Crippen molar-refractivity contribution in [2.45, 2.75) is 50.3 Å². The third kappa shape index (κ3) is 5.13. The van der Waals surface area contributed by atoms with Crippen molar-refractivity contribution in [3.05, 3.63) is 0 Å². The van der Waals surface area contributed by atoms with Gasteiger partial charge in [0.1, 0.15) is 12.2 Å². The minimum absolute atomic E-state index is 0.201. The normalized spacial score (nSPS) is 32.4. The zero-order valence-corrected chi connectivity index (χ0v) is 11.0. The number of unbranched alkanes of at least 4 members (excludes halogenated alkanes) is 1. The molecule has 4 unspecified atom stereocenters. The monoisotopic (exact) mass is 279 g/mol. The summed E-state index contributed by atoms with van der Waals surface area (Å²) in [7, 11) is 0. The van der Waals surface area contributed by atoms with E-state index in [4.69, 9.17) is 32.5 Å². The fourth-order valence-corrected chi connectivity index (χ4v) is 1.93. The molecule has 0 amide bonds. The molecule has 5 N–H and O–H groups in total. The fourth-order valence-electron chi connectivity index (χ4n) is 1.79. The van der Waals surface area contributed by atoms with Crippen LogP contribution in [-0.4, -0.2) is 58.1 Å². The first-order valence-electron chi connectivity index (χ1n) is 6.07. The lowest BCUT2D eigenvalue weighted by molar-refractivity contribution is -0.256. The van der Waals surface area contributed by atoms with Gasteiger partial charge in [0.2, 0.25) is 0 Å². The number of nitrogens with two attached hydrogens (primary N) is 1. The van der Waals surface area contributed by atoms with Gasteiger partial charge in [-0.3, -0.25) is 0 Å². The predicted molar refractivity (Wildman–Crippen MR) is 69.0 cm³/mol. The molecule has 1 heterocycles. The molecule has 1 aliphatic rings. The maximum Gasteiger partial charge on any atom is 0.160 e. The average molecular weight is 279 g/mol. The van der Waals surface area contributed by atoms with Gasteiger partial charge >= 0.3 is 0 Å². The first-order valence-corrected chi connectivity index (χ1v) is 6.47. The molecule has 6 nitrogen and oxygen atoms in total. The minimum Gasteiger partial charge on any atom is -0.394 e. The van der Waals surface area contributed by atoms with Crippen molar-refractivity contribution in [1.29, 1.82) is 0 Å². The van der Waals surface area contributed by atoms with E-state index in [9.17, 15) is 10.2 Å².